The molecule has 7 heteroatoms. The number of benzene rings is 1. The van der Waals surface area contributed by atoms with Crippen LogP contribution < -0.4 is 0 Å². The highest BCUT2D eigenvalue weighted by Crippen LogP contribution is 2.35. The largest absolute Gasteiger partial charge is 0.327 e. The topological polar surface area (TPSA) is 51.0 Å². The Bertz CT molecular complexity index is 645. The van der Waals surface area contributed by atoms with Crippen LogP contribution in [0.1, 0.15) is 16.6 Å². The van der Waals surface area contributed by atoms with E-state index < -0.39 is 0 Å². The lowest BCUT2D eigenvalue weighted by Gasteiger charge is -2.15. The molecule has 2 aromatic rings. The van der Waals surface area contributed by atoms with Crippen molar-refractivity contribution in [3.05, 3.63) is 46.2 Å². The van der Waals surface area contributed by atoms with Crippen LogP contribution in [0.3, 0.4) is 0 Å². The fourth-order valence-electron chi connectivity index (χ4n) is 2.10. The Labute approximate surface area is 129 Å². The Morgan fingerprint density at radius 3 is 3.05 bits per heavy atom. The smallest absolute Gasteiger partial charge is 0.233 e. The van der Waals surface area contributed by atoms with Crippen molar-refractivity contribution in [1.82, 2.24) is 19.9 Å². The number of carbonyl (C=O) groups excluding carboxylic acids is 1. The van der Waals surface area contributed by atoms with Gasteiger partial charge in [-0.1, -0.05) is 33.3 Å². The van der Waals surface area contributed by atoms with E-state index in [-0.39, 0.29) is 11.3 Å². The van der Waals surface area contributed by atoms with Crippen LogP contribution in [0.2, 0.25) is 0 Å². The van der Waals surface area contributed by atoms with Gasteiger partial charge in [-0.05, 0) is 17.7 Å². The molecule has 1 aromatic heterocycles. The Balaban J connectivity index is 1.76. The molecule has 1 aliphatic heterocycles. The summed E-state index contributed by atoms with van der Waals surface area (Å²) in [6.45, 7) is 0.668. The van der Waals surface area contributed by atoms with E-state index in [1.165, 1.54) is 0 Å². The molecule has 20 heavy (non-hydrogen) atoms. The maximum absolute atomic E-state index is 11.5. The van der Waals surface area contributed by atoms with Crippen LogP contribution in [0.15, 0.2) is 34.9 Å². The number of thioether (sulfide) groups is 1. The summed E-state index contributed by atoms with van der Waals surface area (Å²) in [6.07, 6.45) is 1.91. The summed E-state index contributed by atoms with van der Waals surface area (Å²) < 4.78 is 2.85. The molecule has 0 aliphatic carbocycles. The summed E-state index contributed by atoms with van der Waals surface area (Å²) in [6, 6.07) is 8.09. The summed E-state index contributed by atoms with van der Waals surface area (Å²) in [5.41, 5.74) is 1.98. The minimum absolute atomic E-state index is 0.0150. The third-order valence-corrected chi connectivity index (χ3v) is 4.93. The van der Waals surface area contributed by atoms with E-state index in [0.29, 0.717) is 12.3 Å². The highest BCUT2D eigenvalue weighted by atomic mass is 79.9. The van der Waals surface area contributed by atoms with Crippen molar-refractivity contribution in [2.75, 3.05) is 12.8 Å². The first-order chi connectivity index (χ1) is 9.63. The zero-order chi connectivity index (χ0) is 14.1. The van der Waals surface area contributed by atoms with Gasteiger partial charge in [-0.15, -0.1) is 16.9 Å². The van der Waals surface area contributed by atoms with Gasteiger partial charge in [0.25, 0.3) is 0 Å². The van der Waals surface area contributed by atoms with Crippen LogP contribution in [0.4, 0.5) is 0 Å². The summed E-state index contributed by atoms with van der Waals surface area (Å²) in [7, 11) is 1.81. The van der Waals surface area contributed by atoms with E-state index in [2.05, 4.69) is 32.3 Å². The van der Waals surface area contributed by atoms with Crippen molar-refractivity contribution in [3.8, 4) is 0 Å². The number of rotatable bonds is 3. The molecule has 3 rings (SSSR count). The minimum Gasteiger partial charge on any atom is -0.327 e. The van der Waals surface area contributed by atoms with Crippen LogP contribution in [0.25, 0.3) is 0 Å². The van der Waals surface area contributed by atoms with Gasteiger partial charge in [0.2, 0.25) is 5.91 Å². The second-order valence-electron chi connectivity index (χ2n) is 4.64. The first-order valence-electron chi connectivity index (χ1n) is 6.15. The molecule has 2 heterocycles. The lowest BCUT2D eigenvalue weighted by atomic mass is 10.2. The molecule has 0 N–H and O–H groups in total. The molecule has 0 spiro atoms. The normalized spacial score (nSPS) is 18.8. The number of carbonyl (C=O) groups is 1. The molecule has 0 unspecified atom stereocenters. The maximum atomic E-state index is 11.5. The number of amides is 1. The van der Waals surface area contributed by atoms with Crippen LogP contribution in [-0.2, 0) is 11.3 Å². The molecule has 0 saturated carbocycles. The third kappa shape index (κ3) is 2.73. The first kappa shape index (κ1) is 13.6. The van der Waals surface area contributed by atoms with E-state index in [1.807, 2.05) is 24.4 Å². The van der Waals surface area contributed by atoms with Gasteiger partial charge in [0, 0.05) is 11.5 Å². The minimum atomic E-state index is -0.0150. The molecule has 1 fully saturated rings. The van der Waals surface area contributed by atoms with Crippen LogP contribution >= 0.6 is 27.7 Å². The average molecular weight is 353 g/mol. The van der Waals surface area contributed by atoms with Gasteiger partial charge in [-0.3, -0.25) is 4.79 Å². The lowest BCUT2D eigenvalue weighted by molar-refractivity contribution is -0.126. The molecule has 1 atom stereocenters. The van der Waals surface area contributed by atoms with Gasteiger partial charge in [0.1, 0.15) is 11.1 Å². The Hall–Kier alpha value is -1.34. The SMILES string of the molecule is CN1C(=O)CS[C@@H]1c1cn(Cc2cccc(Br)c2)nn1. The summed E-state index contributed by atoms with van der Waals surface area (Å²) in [4.78, 5) is 13.3. The molecule has 1 aromatic carbocycles. The molecular formula is C13H13BrN4OS. The number of aromatic nitrogens is 3. The zero-order valence-electron chi connectivity index (χ0n) is 10.9. The second-order valence-corrected chi connectivity index (χ2v) is 6.62. The zero-order valence-corrected chi connectivity index (χ0v) is 13.3. The molecule has 104 valence electrons. The predicted octanol–water partition coefficient (Wildman–Crippen LogP) is 2.29. The van der Waals surface area contributed by atoms with Gasteiger partial charge >= 0.3 is 0 Å². The fraction of sp³-hybridized carbons (Fsp3) is 0.308. The average Bonchev–Trinajstić information content (AvgIpc) is 2.98. The molecule has 1 saturated heterocycles. The number of hydrogen-bond donors (Lipinski definition) is 0. The van der Waals surface area contributed by atoms with Crippen molar-refractivity contribution in [2.24, 2.45) is 0 Å². The maximum Gasteiger partial charge on any atom is 0.233 e. The summed E-state index contributed by atoms with van der Waals surface area (Å²) in [5, 5.41) is 8.32. The number of nitrogens with zero attached hydrogens (tertiary/aromatic N) is 4. The predicted molar refractivity (Wildman–Crippen MR) is 81.2 cm³/mol. The molecule has 1 amide bonds. The van der Waals surface area contributed by atoms with Gasteiger partial charge in [0.15, 0.2) is 0 Å². The summed E-state index contributed by atoms with van der Waals surface area (Å²) in [5.74, 6) is 0.654. The van der Waals surface area contributed by atoms with Crippen molar-refractivity contribution >= 4 is 33.6 Å². The molecule has 5 nitrogen and oxygen atoms in total. The highest BCUT2D eigenvalue weighted by Gasteiger charge is 2.31. The lowest BCUT2D eigenvalue weighted by Crippen LogP contribution is -2.23. The van der Waals surface area contributed by atoms with E-state index in [9.17, 15) is 4.79 Å². The molecular weight excluding hydrogens is 340 g/mol. The van der Waals surface area contributed by atoms with Crippen LogP contribution in [0.5, 0.6) is 0 Å². The highest BCUT2D eigenvalue weighted by molar-refractivity contribution is 9.10. The Kier molecular flexibility index (Phi) is 3.80. The Morgan fingerprint density at radius 2 is 2.35 bits per heavy atom. The van der Waals surface area contributed by atoms with Crippen molar-refractivity contribution in [1.29, 1.82) is 0 Å². The van der Waals surface area contributed by atoms with E-state index in [4.69, 9.17) is 0 Å². The van der Waals surface area contributed by atoms with E-state index in [0.717, 1.165) is 15.7 Å². The second kappa shape index (κ2) is 5.57. The number of halogens is 1. The van der Waals surface area contributed by atoms with Gasteiger partial charge in [-0.25, -0.2) is 4.68 Å². The first-order valence-corrected chi connectivity index (χ1v) is 7.99. The van der Waals surface area contributed by atoms with Crippen molar-refractivity contribution < 1.29 is 4.79 Å². The van der Waals surface area contributed by atoms with E-state index >= 15 is 0 Å². The van der Waals surface area contributed by atoms with Gasteiger partial charge in [-0.2, -0.15) is 0 Å². The molecule has 0 radical (unpaired) electrons. The standard InChI is InChI=1S/C13H13BrN4OS/c1-17-12(19)8-20-13(17)11-7-18(16-15-11)6-9-3-2-4-10(14)5-9/h2-5,7,13H,6,8H2,1H3/t13-/m1/s1. The van der Waals surface area contributed by atoms with Crippen LogP contribution in [-0.4, -0.2) is 38.6 Å². The van der Waals surface area contributed by atoms with Gasteiger partial charge in [0.05, 0.1) is 18.5 Å². The van der Waals surface area contributed by atoms with Crippen LogP contribution in [0, 0.1) is 0 Å². The molecule has 0 bridgehead atoms. The Morgan fingerprint density at radius 1 is 1.50 bits per heavy atom. The van der Waals surface area contributed by atoms with Crippen molar-refractivity contribution in [3.63, 3.8) is 0 Å². The molecule has 1 aliphatic rings. The monoisotopic (exact) mass is 352 g/mol. The van der Waals surface area contributed by atoms with Crippen molar-refractivity contribution in [2.45, 2.75) is 11.9 Å². The number of hydrogen-bond acceptors (Lipinski definition) is 4. The van der Waals surface area contributed by atoms with Gasteiger partial charge < -0.3 is 4.90 Å². The fourth-order valence-corrected chi connectivity index (χ4v) is 3.68. The summed E-state index contributed by atoms with van der Waals surface area (Å²) >= 11 is 5.04. The van der Waals surface area contributed by atoms with E-state index in [1.54, 1.807) is 28.4 Å². The third-order valence-electron chi connectivity index (χ3n) is 3.15. The quantitative estimate of drug-likeness (QED) is 0.850.